The number of nitrogens with two attached hydrogens (primary N) is 1. The summed E-state index contributed by atoms with van der Waals surface area (Å²) in [7, 11) is 0. The number of anilines is 1. The van der Waals surface area contributed by atoms with E-state index in [1.165, 1.54) is 36.0 Å². The standard InChI is InChI=1S/C23H23FN4O3/c1-15(2)16-3-8-19(9-4-16)27-21(29)14-30-28-23(25)17-5-12-22(26-13-17)31-20-10-6-18(24)7-11-20/h3-13,15H,14H2,1-2H3,(H2,25,28)(H,27,29). The van der Waals surface area contributed by atoms with Gasteiger partial charge in [-0.05, 0) is 53.9 Å². The molecule has 1 heterocycles. The van der Waals surface area contributed by atoms with E-state index in [2.05, 4.69) is 29.3 Å². The van der Waals surface area contributed by atoms with Crippen LogP contribution in [0.1, 0.15) is 30.9 Å². The zero-order valence-corrected chi connectivity index (χ0v) is 17.2. The van der Waals surface area contributed by atoms with Gasteiger partial charge in [0.15, 0.2) is 12.4 Å². The van der Waals surface area contributed by atoms with E-state index in [9.17, 15) is 9.18 Å². The Morgan fingerprint density at radius 1 is 1.10 bits per heavy atom. The molecule has 0 spiro atoms. The number of nitrogens with zero attached hydrogens (tertiary/aromatic N) is 2. The minimum Gasteiger partial charge on any atom is -0.439 e. The van der Waals surface area contributed by atoms with Crippen molar-refractivity contribution in [3.05, 3.63) is 83.8 Å². The minimum absolute atomic E-state index is 0.0647. The third kappa shape index (κ3) is 6.53. The second-order valence-corrected chi connectivity index (χ2v) is 7.02. The zero-order chi connectivity index (χ0) is 22.2. The first-order chi connectivity index (χ1) is 14.9. The molecular weight excluding hydrogens is 399 g/mol. The van der Waals surface area contributed by atoms with Gasteiger partial charge in [0, 0.05) is 23.5 Å². The predicted molar refractivity (Wildman–Crippen MR) is 117 cm³/mol. The lowest BCUT2D eigenvalue weighted by atomic mass is 10.0. The Balaban J connectivity index is 1.49. The van der Waals surface area contributed by atoms with Crippen LogP contribution in [0, 0.1) is 5.82 Å². The van der Waals surface area contributed by atoms with Gasteiger partial charge in [0.1, 0.15) is 11.6 Å². The molecule has 3 aromatic rings. The highest BCUT2D eigenvalue weighted by Crippen LogP contribution is 2.19. The molecule has 2 aromatic carbocycles. The molecule has 0 aliphatic carbocycles. The Morgan fingerprint density at radius 2 is 1.81 bits per heavy atom. The topological polar surface area (TPSA) is 98.8 Å². The lowest BCUT2D eigenvalue weighted by Gasteiger charge is -2.08. The number of carbonyl (C=O) groups is 1. The summed E-state index contributed by atoms with van der Waals surface area (Å²) in [5.74, 6) is 0.550. The fraction of sp³-hybridized carbons (Fsp3) is 0.174. The SMILES string of the molecule is CC(C)c1ccc(NC(=O)CO/N=C(\N)c2ccc(Oc3ccc(F)cc3)nc2)cc1. The van der Waals surface area contributed by atoms with E-state index in [0.29, 0.717) is 28.8 Å². The third-order valence-corrected chi connectivity index (χ3v) is 4.29. The molecule has 0 saturated carbocycles. The lowest BCUT2D eigenvalue weighted by molar-refractivity contribution is -0.120. The zero-order valence-electron chi connectivity index (χ0n) is 17.2. The summed E-state index contributed by atoms with van der Waals surface area (Å²) in [6.07, 6.45) is 1.46. The van der Waals surface area contributed by atoms with Gasteiger partial charge in [-0.3, -0.25) is 4.79 Å². The number of benzene rings is 2. The van der Waals surface area contributed by atoms with Crippen LogP contribution in [0.25, 0.3) is 0 Å². The number of hydrogen-bond donors (Lipinski definition) is 2. The Labute approximate surface area is 179 Å². The maximum atomic E-state index is 12.9. The van der Waals surface area contributed by atoms with Crippen LogP contribution in [0.2, 0.25) is 0 Å². The first-order valence-electron chi connectivity index (χ1n) is 9.66. The molecule has 0 unspecified atom stereocenters. The average Bonchev–Trinajstić information content (AvgIpc) is 2.76. The number of amides is 1. The van der Waals surface area contributed by atoms with Crippen molar-refractivity contribution in [1.82, 2.24) is 4.98 Å². The number of carbonyl (C=O) groups excluding carboxylic acids is 1. The van der Waals surface area contributed by atoms with Gasteiger partial charge < -0.3 is 20.6 Å². The molecule has 0 atom stereocenters. The predicted octanol–water partition coefficient (Wildman–Crippen LogP) is 4.41. The summed E-state index contributed by atoms with van der Waals surface area (Å²) in [5, 5.41) is 6.48. The Kier molecular flexibility index (Phi) is 7.16. The molecule has 3 N–H and O–H groups in total. The molecule has 0 radical (unpaired) electrons. The molecular formula is C23H23FN4O3. The Hall–Kier alpha value is -3.94. The molecule has 3 rings (SSSR count). The molecule has 7 nitrogen and oxygen atoms in total. The molecule has 1 amide bonds. The van der Waals surface area contributed by atoms with Crippen molar-refractivity contribution in [2.45, 2.75) is 19.8 Å². The fourth-order valence-electron chi connectivity index (χ4n) is 2.58. The van der Waals surface area contributed by atoms with E-state index in [-0.39, 0.29) is 24.2 Å². The van der Waals surface area contributed by atoms with Crippen molar-refractivity contribution < 1.29 is 18.8 Å². The van der Waals surface area contributed by atoms with E-state index in [0.717, 1.165) is 0 Å². The number of oxime groups is 1. The van der Waals surface area contributed by atoms with E-state index < -0.39 is 0 Å². The average molecular weight is 422 g/mol. The van der Waals surface area contributed by atoms with Crippen molar-refractivity contribution in [3.63, 3.8) is 0 Å². The quantitative estimate of drug-likeness (QED) is 0.318. The molecule has 0 aliphatic heterocycles. The highest BCUT2D eigenvalue weighted by Gasteiger charge is 2.06. The van der Waals surface area contributed by atoms with Crippen molar-refractivity contribution in [2.24, 2.45) is 10.9 Å². The summed E-state index contributed by atoms with van der Waals surface area (Å²) in [5.41, 5.74) is 8.23. The second kappa shape index (κ2) is 10.2. The number of halogens is 1. The van der Waals surface area contributed by atoms with Gasteiger partial charge in [0.25, 0.3) is 5.91 Å². The van der Waals surface area contributed by atoms with Gasteiger partial charge in [0.2, 0.25) is 5.88 Å². The van der Waals surface area contributed by atoms with Gasteiger partial charge in [-0.1, -0.05) is 31.1 Å². The smallest absolute Gasteiger partial charge is 0.265 e. The normalized spacial score (nSPS) is 11.3. The van der Waals surface area contributed by atoms with Crippen LogP contribution in [0.3, 0.4) is 0 Å². The highest BCUT2D eigenvalue weighted by molar-refractivity contribution is 5.97. The van der Waals surface area contributed by atoms with E-state index in [4.69, 9.17) is 15.3 Å². The lowest BCUT2D eigenvalue weighted by Crippen LogP contribution is -2.19. The summed E-state index contributed by atoms with van der Waals surface area (Å²) in [6, 6.07) is 16.4. The molecule has 8 heteroatoms. The van der Waals surface area contributed by atoms with Crippen LogP contribution in [0.5, 0.6) is 11.6 Å². The summed E-state index contributed by atoms with van der Waals surface area (Å²) in [4.78, 5) is 21.2. The van der Waals surface area contributed by atoms with Crippen LogP contribution >= 0.6 is 0 Å². The van der Waals surface area contributed by atoms with Crippen molar-refractivity contribution >= 4 is 17.4 Å². The molecule has 0 saturated heterocycles. The van der Waals surface area contributed by atoms with E-state index >= 15 is 0 Å². The number of rotatable bonds is 8. The Morgan fingerprint density at radius 3 is 2.42 bits per heavy atom. The number of nitrogens with one attached hydrogen (secondary N) is 1. The number of hydrogen-bond acceptors (Lipinski definition) is 5. The number of amidine groups is 1. The van der Waals surface area contributed by atoms with Gasteiger partial charge in [-0.25, -0.2) is 9.37 Å². The van der Waals surface area contributed by atoms with Crippen LogP contribution in [-0.2, 0) is 9.63 Å². The first-order valence-corrected chi connectivity index (χ1v) is 9.66. The van der Waals surface area contributed by atoms with Gasteiger partial charge >= 0.3 is 0 Å². The molecule has 0 aliphatic rings. The highest BCUT2D eigenvalue weighted by atomic mass is 19.1. The number of pyridine rings is 1. The second-order valence-electron chi connectivity index (χ2n) is 7.02. The molecule has 31 heavy (non-hydrogen) atoms. The monoisotopic (exact) mass is 422 g/mol. The number of ether oxygens (including phenoxy) is 1. The molecule has 160 valence electrons. The molecule has 1 aromatic heterocycles. The summed E-state index contributed by atoms with van der Waals surface area (Å²) < 4.78 is 18.4. The van der Waals surface area contributed by atoms with Crippen molar-refractivity contribution in [3.8, 4) is 11.6 Å². The summed E-state index contributed by atoms with van der Waals surface area (Å²) in [6.45, 7) is 3.92. The van der Waals surface area contributed by atoms with Crippen LogP contribution < -0.4 is 15.8 Å². The fourth-order valence-corrected chi connectivity index (χ4v) is 2.58. The number of aromatic nitrogens is 1. The van der Waals surface area contributed by atoms with Gasteiger partial charge in [0.05, 0.1) is 0 Å². The largest absolute Gasteiger partial charge is 0.439 e. The van der Waals surface area contributed by atoms with Crippen molar-refractivity contribution in [2.75, 3.05) is 11.9 Å². The third-order valence-electron chi connectivity index (χ3n) is 4.29. The minimum atomic E-state index is -0.352. The van der Waals surface area contributed by atoms with Crippen LogP contribution in [-0.4, -0.2) is 23.3 Å². The van der Waals surface area contributed by atoms with Crippen molar-refractivity contribution in [1.29, 1.82) is 0 Å². The Bertz CT molecular complexity index is 1030. The maximum Gasteiger partial charge on any atom is 0.265 e. The first kappa shape index (κ1) is 21.8. The van der Waals surface area contributed by atoms with Gasteiger partial charge in [-0.15, -0.1) is 0 Å². The summed E-state index contributed by atoms with van der Waals surface area (Å²) >= 11 is 0. The van der Waals surface area contributed by atoms with Gasteiger partial charge in [-0.2, -0.15) is 0 Å². The maximum absolute atomic E-state index is 12.9. The van der Waals surface area contributed by atoms with E-state index in [1.807, 2.05) is 24.3 Å². The molecule has 0 bridgehead atoms. The molecule has 0 fully saturated rings. The van der Waals surface area contributed by atoms with Crippen LogP contribution in [0.4, 0.5) is 10.1 Å². The van der Waals surface area contributed by atoms with E-state index in [1.54, 1.807) is 12.1 Å². The van der Waals surface area contributed by atoms with Crippen LogP contribution in [0.15, 0.2) is 72.0 Å².